The van der Waals surface area contributed by atoms with E-state index in [2.05, 4.69) is 5.32 Å². The fraction of sp³-hybridized carbons (Fsp3) is 0.500. The third-order valence-corrected chi connectivity index (χ3v) is 2.55. The summed E-state index contributed by atoms with van der Waals surface area (Å²) in [4.78, 5) is 0. The number of halogens is 2. The van der Waals surface area contributed by atoms with E-state index >= 15 is 0 Å². The predicted molar refractivity (Wildman–Crippen MR) is 58.1 cm³/mol. The lowest BCUT2D eigenvalue weighted by molar-refractivity contribution is 0.0385. The molecule has 0 aliphatic carbocycles. The van der Waals surface area contributed by atoms with Crippen LogP contribution in [0.4, 0.5) is 8.78 Å². The molecule has 0 bridgehead atoms. The predicted octanol–water partition coefficient (Wildman–Crippen LogP) is 3.17. The Morgan fingerprint density at radius 1 is 1.27 bits per heavy atom. The van der Waals surface area contributed by atoms with E-state index < -0.39 is 12.0 Å². The minimum Gasteiger partial charge on any atom is -0.303 e. The van der Waals surface area contributed by atoms with Crippen molar-refractivity contribution >= 4 is 0 Å². The van der Waals surface area contributed by atoms with Gasteiger partial charge in [-0.25, -0.2) is 8.78 Å². The van der Waals surface area contributed by atoms with E-state index in [0.717, 1.165) is 6.42 Å². The molecule has 1 aromatic rings. The minimum atomic E-state index is -2.41. The fourth-order valence-electron chi connectivity index (χ4n) is 1.47. The van der Waals surface area contributed by atoms with Crippen LogP contribution in [0.2, 0.25) is 0 Å². The molecule has 1 unspecified atom stereocenters. The van der Waals surface area contributed by atoms with Gasteiger partial charge in [-0.1, -0.05) is 37.3 Å². The van der Waals surface area contributed by atoms with Crippen molar-refractivity contribution in [2.75, 3.05) is 6.54 Å². The lowest BCUT2D eigenvalue weighted by atomic mass is 9.92. The minimum absolute atomic E-state index is 0.593. The molecule has 84 valence electrons. The van der Waals surface area contributed by atoms with Gasteiger partial charge < -0.3 is 5.32 Å². The number of alkyl halides is 2. The largest absolute Gasteiger partial charge is 0.303 e. The van der Waals surface area contributed by atoms with Crippen molar-refractivity contribution in [1.82, 2.24) is 5.32 Å². The van der Waals surface area contributed by atoms with Gasteiger partial charge in [0.2, 0.25) is 0 Å². The monoisotopic (exact) mass is 213 g/mol. The van der Waals surface area contributed by atoms with Crippen LogP contribution in [0.15, 0.2) is 30.3 Å². The van der Waals surface area contributed by atoms with Gasteiger partial charge in [-0.05, 0) is 25.5 Å². The summed E-state index contributed by atoms with van der Waals surface area (Å²) in [5.41, 5.74) is -0.606. The zero-order valence-electron chi connectivity index (χ0n) is 9.13. The molecule has 0 radical (unpaired) electrons. The van der Waals surface area contributed by atoms with E-state index in [-0.39, 0.29) is 0 Å². The van der Waals surface area contributed by atoms with Gasteiger partial charge in [0.05, 0.1) is 0 Å². The molecule has 0 aromatic heterocycles. The highest BCUT2D eigenvalue weighted by Gasteiger charge is 2.35. The van der Waals surface area contributed by atoms with Gasteiger partial charge in [0.25, 0.3) is 6.43 Å². The standard InChI is InChI=1S/C12H17F2N/c1-3-9-15-12(2,11(13)14)10-7-5-4-6-8-10/h4-8,11,15H,3,9H2,1-2H3. The van der Waals surface area contributed by atoms with E-state index in [1.165, 1.54) is 0 Å². The Balaban J connectivity index is 2.91. The van der Waals surface area contributed by atoms with Crippen LogP contribution in [0.3, 0.4) is 0 Å². The Hall–Kier alpha value is -0.960. The van der Waals surface area contributed by atoms with Crippen molar-refractivity contribution in [3.05, 3.63) is 35.9 Å². The van der Waals surface area contributed by atoms with Gasteiger partial charge in [-0.15, -0.1) is 0 Å². The third-order valence-electron chi connectivity index (χ3n) is 2.55. The maximum Gasteiger partial charge on any atom is 0.260 e. The zero-order valence-corrected chi connectivity index (χ0v) is 9.13. The highest BCUT2D eigenvalue weighted by atomic mass is 19.3. The molecule has 1 aromatic carbocycles. The van der Waals surface area contributed by atoms with Gasteiger partial charge in [0.15, 0.2) is 0 Å². The summed E-state index contributed by atoms with van der Waals surface area (Å²) in [7, 11) is 0. The summed E-state index contributed by atoms with van der Waals surface area (Å²) in [5.74, 6) is 0. The summed E-state index contributed by atoms with van der Waals surface area (Å²) >= 11 is 0. The highest BCUT2D eigenvalue weighted by molar-refractivity contribution is 5.24. The molecule has 1 nitrogen and oxygen atoms in total. The summed E-state index contributed by atoms with van der Waals surface area (Å²) in [6.45, 7) is 4.10. The molecule has 0 spiro atoms. The number of hydrogen-bond acceptors (Lipinski definition) is 1. The van der Waals surface area contributed by atoms with Crippen molar-refractivity contribution < 1.29 is 8.78 Å². The number of rotatable bonds is 5. The molecule has 1 rings (SSSR count). The van der Waals surface area contributed by atoms with Gasteiger partial charge in [-0.2, -0.15) is 0 Å². The first-order chi connectivity index (χ1) is 7.11. The number of benzene rings is 1. The van der Waals surface area contributed by atoms with E-state index in [4.69, 9.17) is 0 Å². The van der Waals surface area contributed by atoms with E-state index in [1.54, 1.807) is 31.2 Å². The van der Waals surface area contributed by atoms with Gasteiger partial charge in [0, 0.05) is 0 Å². The maximum absolute atomic E-state index is 13.0. The molecule has 0 fully saturated rings. The third kappa shape index (κ3) is 2.75. The van der Waals surface area contributed by atoms with Crippen LogP contribution >= 0.6 is 0 Å². The van der Waals surface area contributed by atoms with Crippen molar-refractivity contribution in [3.8, 4) is 0 Å². The summed E-state index contributed by atoms with van der Waals surface area (Å²) in [5, 5.41) is 2.91. The molecule has 0 saturated heterocycles. The molecule has 0 heterocycles. The molecule has 1 atom stereocenters. The normalized spacial score (nSPS) is 15.3. The Kier molecular flexibility index (Phi) is 4.21. The number of nitrogens with one attached hydrogen (secondary N) is 1. The van der Waals surface area contributed by atoms with Gasteiger partial charge in [-0.3, -0.25) is 0 Å². The summed E-state index contributed by atoms with van der Waals surface area (Å²) < 4.78 is 26.1. The summed E-state index contributed by atoms with van der Waals surface area (Å²) in [6, 6.07) is 8.85. The second-order valence-electron chi connectivity index (χ2n) is 3.80. The summed E-state index contributed by atoms with van der Waals surface area (Å²) in [6.07, 6.45) is -1.57. The van der Waals surface area contributed by atoms with Crippen molar-refractivity contribution in [2.45, 2.75) is 32.2 Å². The van der Waals surface area contributed by atoms with Crippen LogP contribution in [0.5, 0.6) is 0 Å². The average molecular weight is 213 g/mol. The topological polar surface area (TPSA) is 12.0 Å². The van der Waals surface area contributed by atoms with Crippen LogP contribution in [-0.2, 0) is 5.54 Å². The van der Waals surface area contributed by atoms with Crippen LogP contribution in [-0.4, -0.2) is 13.0 Å². The highest BCUT2D eigenvalue weighted by Crippen LogP contribution is 2.27. The lowest BCUT2D eigenvalue weighted by Gasteiger charge is -2.30. The first-order valence-electron chi connectivity index (χ1n) is 5.20. The van der Waals surface area contributed by atoms with E-state index in [0.29, 0.717) is 12.1 Å². The van der Waals surface area contributed by atoms with Crippen molar-refractivity contribution in [2.24, 2.45) is 0 Å². The first-order valence-corrected chi connectivity index (χ1v) is 5.20. The van der Waals surface area contributed by atoms with Crippen LogP contribution in [0.25, 0.3) is 0 Å². The van der Waals surface area contributed by atoms with Crippen LogP contribution in [0.1, 0.15) is 25.8 Å². The SMILES string of the molecule is CCCNC(C)(c1ccccc1)C(F)F. The molecule has 3 heteroatoms. The fourth-order valence-corrected chi connectivity index (χ4v) is 1.47. The second-order valence-corrected chi connectivity index (χ2v) is 3.80. The van der Waals surface area contributed by atoms with Gasteiger partial charge >= 0.3 is 0 Å². The molecule has 0 aliphatic heterocycles. The average Bonchev–Trinajstić information content (AvgIpc) is 2.27. The maximum atomic E-state index is 13.0. The van der Waals surface area contributed by atoms with Crippen molar-refractivity contribution in [1.29, 1.82) is 0 Å². The number of hydrogen-bond donors (Lipinski definition) is 1. The Morgan fingerprint density at radius 3 is 2.33 bits per heavy atom. The molecule has 1 N–H and O–H groups in total. The van der Waals surface area contributed by atoms with Crippen LogP contribution in [0, 0.1) is 0 Å². The van der Waals surface area contributed by atoms with Crippen LogP contribution < -0.4 is 5.32 Å². The zero-order chi connectivity index (χ0) is 11.3. The van der Waals surface area contributed by atoms with E-state index in [9.17, 15) is 8.78 Å². The molecule has 0 amide bonds. The quantitative estimate of drug-likeness (QED) is 0.792. The van der Waals surface area contributed by atoms with Crippen molar-refractivity contribution in [3.63, 3.8) is 0 Å². The molecular weight excluding hydrogens is 196 g/mol. The Labute approximate surface area is 89.5 Å². The molecule has 0 saturated carbocycles. The Bertz CT molecular complexity index is 287. The molecule has 15 heavy (non-hydrogen) atoms. The molecular formula is C12H17F2N. The van der Waals surface area contributed by atoms with E-state index in [1.807, 2.05) is 13.0 Å². The Morgan fingerprint density at radius 2 is 1.87 bits per heavy atom. The smallest absolute Gasteiger partial charge is 0.260 e. The lowest BCUT2D eigenvalue weighted by Crippen LogP contribution is -2.46. The first kappa shape index (κ1) is 12.1. The van der Waals surface area contributed by atoms with Gasteiger partial charge in [0.1, 0.15) is 5.54 Å². The second kappa shape index (κ2) is 5.21. The molecule has 0 aliphatic rings.